The summed E-state index contributed by atoms with van der Waals surface area (Å²) in [6, 6.07) is 34.0. The van der Waals surface area contributed by atoms with Crippen LogP contribution < -0.4 is 20.7 Å². The lowest BCUT2D eigenvalue weighted by Crippen LogP contribution is -2.21. The first-order chi connectivity index (χ1) is 17.1. The summed E-state index contributed by atoms with van der Waals surface area (Å²) in [5, 5.41) is 8.84. The predicted molar refractivity (Wildman–Crippen MR) is 140 cm³/mol. The average Bonchev–Trinajstić information content (AvgIpc) is 2.88. The molecule has 0 fully saturated rings. The lowest BCUT2D eigenvalue weighted by atomic mass is 10.1. The van der Waals surface area contributed by atoms with Gasteiger partial charge in [0.15, 0.2) is 0 Å². The van der Waals surface area contributed by atoms with Crippen LogP contribution in [0.3, 0.4) is 0 Å². The molecule has 0 aromatic heterocycles. The molecule has 176 valence electrons. The Kier molecular flexibility index (Phi) is 8.11. The molecular weight excluding hydrogens is 438 g/mol. The number of aryl methyl sites for hydroxylation is 1. The van der Waals surface area contributed by atoms with E-state index >= 15 is 0 Å². The van der Waals surface area contributed by atoms with Crippen LogP contribution in [0.5, 0.6) is 11.5 Å². The fourth-order valence-corrected chi connectivity index (χ4v) is 3.45. The molecule has 4 aromatic rings. The van der Waals surface area contributed by atoms with Crippen LogP contribution in [0.15, 0.2) is 109 Å². The van der Waals surface area contributed by atoms with Crippen molar-refractivity contribution in [1.29, 1.82) is 0 Å². The number of anilines is 3. The van der Waals surface area contributed by atoms with Gasteiger partial charge in [-0.25, -0.2) is 0 Å². The average molecular weight is 466 g/mol. The number of ether oxygens (including phenoxy) is 1. The van der Waals surface area contributed by atoms with Crippen molar-refractivity contribution < 1.29 is 14.3 Å². The Morgan fingerprint density at radius 2 is 1.20 bits per heavy atom. The van der Waals surface area contributed by atoms with Crippen LogP contribution in [0.1, 0.15) is 12.0 Å². The Morgan fingerprint density at radius 1 is 0.600 bits per heavy atom. The van der Waals surface area contributed by atoms with Gasteiger partial charge in [0, 0.05) is 23.5 Å². The van der Waals surface area contributed by atoms with Gasteiger partial charge in [0.05, 0.1) is 6.54 Å². The maximum atomic E-state index is 12.4. The third kappa shape index (κ3) is 7.75. The molecule has 2 amide bonds. The summed E-state index contributed by atoms with van der Waals surface area (Å²) in [5.74, 6) is 1.22. The molecule has 0 spiro atoms. The van der Waals surface area contributed by atoms with Gasteiger partial charge in [0.25, 0.3) is 0 Å². The number of carbonyl (C=O) groups is 2. The highest BCUT2D eigenvalue weighted by atomic mass is 16.5. The lowest BCUT2D eigenvalue weighted by Gasteiger charge is -2.11. The predicted octanol–water partition coefficient (Wildman–Crippen LogP) is 6.10. The van der Waals surface area contributed by atoms with E-state index in [9.17, 15) is 9.59 Å². The second kappa shape index (κ2) is 12.0. The van der Waals surface area contributed by atoms with Crippen molar-refractivity contribution in [3.05, 3.63) is 115 Å². The fraction of sp³-hybridized carbons (Fsp3) is 0.103. The maximum Gasteiger partial charge on any atom is 0.243 e. The summed E-state index contributed by atoms with van der Waals surface area (Å²) >= 11 is 0. The molecule has 4 aromatic carbocycles. The Bertz CT molecular complexity index is 1240. The first-order valence-corrected chi connectivity index (χ1v) is 11.4. The van der Waals surface area contributed by atoms with Gasteiger partial charge < -0.3 is 20.7 Å². The SMILES string of the molecule is O=C(CCc1ccccc1)Nc1cccc(NC(=O)CNc2ccc(Oc3ccccc3)cc2)c1. The van der Waals surface area contributed by atoms with E-state index in [-0.39, 0.29) is 18.4 Å². The largest absolute Gasteiger partial charge is 0.457 e. The van der Waals surface area contributed by atoms with Crippen molar-refractivity contribution >= 4 is 28.9 Å². The standard InChI is InChI=1S/C29H27N3O3/c33-28(19-14-22-8-3-1-4-9-22)31-24-10-7-11-25(20-24)32-29(34)21-30-23-15-17-27(18-16-23)35-26-12-5-2-6-13-26/h1-13,15-18,20,30H,14,19,21H2,(H,31,33)(H,32,34). The van der Waals surface area contributed by atoms with Crippen LogP contribution >= 0.6 is 0 Å². The van der Waals surface area contributed by atoms with Gasteiger partial charge in [-0.1, -0.05) is 54.6 Å². The van der Waals surface area contributed by atoms with E-state index in [2.05, 4.69) is 16.0 Å². The molecular formula is C29H27N3O3. The van der Waals surface area contributed by atoms with Gasteiger partial charge in [-0.3, -0.25) is 9.59 Å². The van der Waals surface area contributed by atoms with E-state index in [0.29, 0.717) is 30.0 Å². The Balaban J connectivity index is 1.22. The van der Waals surface area contributed by atoms with E-state index in [4.69, 9.17) is 4.74 Å². The Hall–Kier alpha value is -4.58. The zero-order valence-corrected chi connectivity index (χ0v) is 19.2. The summed E-state index contributed by atoms with van der Waals surface area (Å²) in [7, 11) is 0. The first-order valence-electron chi connectivity index (χ1n) is 11.4. The summed E-state index contributed by atoms with van der Waals surface area (Å²) in [6.07, 6.45) is 1.06. The summed E-state index contributed by atoms with van der Waals surface area (Å²) in [5.41, 5.74) is 3.18. The van der Waals surface area contributed by atoms with Crippen LogP contribution in [-0.4, -0.2) is 18.4 Å². The third-order valence-electron chi connectivity index (χ3n) is 5.20. The van der Waals surface area contributed by atoms with Gasteiger partial charge in [-0.2, -0.15) is 0 Å². The Labute approximate surface area is 205 Å². The zero-order chi connectivity index (χ0) is 24.3. The molecule has 0 atom stereocenters. The molecule has 0 radical (unpaired) electrons. The van der Waals surface area contributed by atoms with Crippen LogP contribution in [0.4, 0.5) is 17.1 Å². The number of nitrogens with one attached hydrogen (secondary N) is 3. The quantitative estimate of drug-likeness (QED) is 0.264. The van der Waals surface area contributed by atoms with E-state index in [1.807, 2.05) is 84.9 Å². The fourth-order valence-electron chi connectivity index (χ4n) is 3.45. The summed E-state index contributed by atoms with van der Waals surface area (Å²) in [6.45, 7) is 0.104. The number of amides is 2. The van der Waals surface area contributed by atoms with Crippen molar-refractivity contribution in [3.63, 3.8) is 0 Å². The normalized spacial score (nSPS) is 10.3. The Morgan fingerprint density at radius 3 is 1.89 bits per heavy atom. The highest BCUT2D eigenvalue weighted by Crippen LogP contribution is 2.22. The minimum Gasteiger partial charge on any atom is -0.457 e. The number of benzene rings is 4. The highest BCUT2D eigenvalue weighted by Gasteiger charge is 2.07. The highest BCUT2D eigenvalue weighted by molar-refractivity contribution is 5.95. The van der Waals surface area contributed by atoms with Gasteiger partial charge >= 0.3 is 0 Å². The van der Waals surface area contributed by atoms with Gasteiger partial charge in [-0.15, -0.1) is 0 Å². The van der Waals surface area contributed by atoms with Crippen LogP contribution in [0.2, 0.25) is 0 Å². The van der Waals surface area contributed by atoms with Crippen LogP contribution in [0.25, 0.3) is 0 Å². The molecule has 6 heteroatoms. The zero-order valence-electron chi connectivity index (χ0n) is 19.2. The minimum absolute atomic E-state index is 0.0707. The monoisotopic (exact) mass is 465 g/mol. The molecule has 0 aliphatic rings. The van der Waals surface area contributed by atoms with Gasteiger partial charge in [0.1, 0.15) is 11.5 Å². The topological polar surface area (TPSA) is 79.5 Å². The lowest BCUT2D eigenvalue weighted by molar-refractivity contribution is -0.116. The van der Waals surface area contributed by atoms with Crippen molar-refractivity contribution in [3.8, 4) is 11.5 Å². The molecule has 3 N–H and O–H groups in total. The van der Waals surface area contributed by atoms with Crippen molar-refractivity contribution in [1.82, 2.24) is 0 Å². The molecule has 35 heavy (non-hydrogen) atoms. The van der Waals surface area contributed by atoms with Crippen molar-refractivity contribution in [2.45, 2.75) is 12.8 Å². The first kappa shape index (κ1) is 23.6. The molecule has 0 heterocycles. The van der Waals surface area contributed by atoms with Crippen LogP contribution in [0, 0.1) is 0 Å². The van der Waals surface area contributed by atoms with E-state index in [0.717, 1.165) is 17.0 Å². The van der Waals surface area contributed by atoms with Crippen LogP contribution in [-0.2, 0) is 16.0 Å². The molecule has 6 nitrogen and oxygen atoms in total. The molecule has 0 aliphatic carbocycles. The molecule has 0 saturated carbocycles. The number of hydrogen-bond acceptors (Lipinski definition) is 4. The number of rotatable bonds is 10. The molecule has 0 saturated heterocycles. The number of hydrogen-bond donors (Lipinski definition) is 3. The van der Waals surface area contributed by atoms with Crippen molar-refractivity contribution in [2.75, 3.05) is 22.5 Å². The number of para-hydroxylation sites is 1. The smallest absolute Gasteiger partial charge is 0.243 e. The van der Waals surface area contributed by atoms with Crippen molar-refractivity contribution in [2.24, 2.45) is 0 Å². The second-order valence-electron chi connectivity index (χ2n) is 7.96. The molecule has 0 aliphatic heterocycles. The maximum absolute atomic E-state index is 12.4. The molecule has 0 unspecified atom stereocenters. The van der Waals surface area contributed by atoms with E-state index in [1.54, 1.807) is 24.3 Å². The minimum atomic E-state index is -0.192. The second-order valence-corrected chi connectivity index (χ2v) is 7.96. The van der Waals surface area contributed by atoms with Gasteiger partial charge in [0.2, 0.25) is 11.8 Å². The van der Waals surface area contributed by atoms with Gasteiger partial charge in [-0.05, 0) is 66.6 Å². The molecule has 4 rings (SSSR count). The molecule has 0 bridgehead atoms. The summed E-state index contributed by atoms with van der Waals surface area (Å²) in [4.78, 5) is 24.7. The summed E-state index contributed by atoms with van der Waals surface area (Å²) < 4.78 is 5.78. The third-order valence-corrected chi connectivity index (χ3v) is 5.20. The van der Waals surface area contributed by atoms with E-state index in [1.165, 1.54) is 0 Å². The number of carbonyl (C=O) groups excluding carboxylic acids is 2. The van der Waals surface area contributed by atoms with E-state index < -0.39 is 0 Å².